The van der Waals surface area contributed by atoms with E-state index in [9.17, 15) is 4.79 Å². The molecule has 0 radical (unpaired) electrons. The Balaban J connectivity index is 1.95. The summed E-state index contributed by atoms with van der Waals surface area (Å²) < 4.78 is 10.6. The summed E-state index contributed by atoms with van der Waals surface area (Å²) in [7, 11) is 3.16. The molecule has 0 fully saturated rings. The fraction of sp³-hybridized carbons (Fsp3) is 0.312. The van der Waals surface area contributed by atoms with Crippen LogP contribution in [0.25, 0.3) is 0 Å². The Morgan fingerprint density at radius 2 is 2.09 bits per heavy atom. The molecule has 1 atom stereocenters. The van der Waals surface area contributed by atoms with Crippen molar-refractivity contribution in [2.75, 3.05) is 26.1 Å². The van der Waals surface area contributed by atoms with Gasteiger partial charge in [-0.05, 0) is 37.3 Å². The summed E-state index contributed by atoms with van der Waals surface area (Å²) in [6.45, 7) is 2.40. The predicted molar refractivity (Wildman–Crippen MR) is 93.8 cm³/mol. The van der Waals surface area contributed by atoms with E-state index in [1.54, 1.807) is 36.6 Å². The molecule has 0 bridgehead atoms. The van der Waals surface area contributed by atoms with Crippen molar-refractivity contribution in [2.24, 2.45) is 0 Å². The van der Waals surface area contributed by atoms with E-state index >= 15 is 0 Å². The average molecular weight is 355 g/mol. The molecule has 2 rings (SSSR count). The SMILES string of the molecule is COc1ccc(Cl)cc1NC(=O)NCC(OC)c1ccc(C)s1. The molecule has 0 aliphatic carbocycles. The van der Waals surface area contributed by atoms with Crippen LogP contribution >= 0.6 is 22.9 Å². The summed E-state index contributed by atoms with van der Waals surface area (Å²) >= 11 is 7.59. The lowest BCUT2D eigenvalue weighted by Crippen LogP contribution is -2.32. The first-order valence-electron chi connectivity index (χ1n) is 7.01. The van der Waals surface area contributed by atoms with Gasteiger partial charge in [0.25, 0.3) is 0 Å². The fourth-order valence-corrected chi connectivity index (χ4v) is 3.18. The van der Waals surface area contributed by atoms with E-state index in [1.807, 2.05) is 19.1 Å². The maximum absolute atomic E-state index is 12.1. The number of halogens is 1. The zero-order valence-electron chi connectivity index (χ0n) is 13.2. The van der Waals surface area contributed by atoms with Crippen LogP contribution in [-0.2, 0) is 4.74 Å². The third-order valence-corrected chi connectivity index (χ3v) is 4.55. The number of carbonyl (C=O) groups excluding carboxylic acids is 1. The highest BCUT2D eigenvalue weighted by Crippen LogP contribution is 2.28. The minimum absolute atomic E-state index is 0.180. The number of benzene rings is 1. The molecule has 1 heterocycles. The third-order valence-electron chi connectivity index (χ3n) is 3.22. The van der Waals surface area contributed by atoms with Crippen LogP contribution in [0.2, 0.25) is 5.02 Å². The van der Waals surface area contributed by atoms with Crippen LogP contribution in [0.15, 0.2) is 30.3 Å². The van der Waals surface area contributed by atoms with Crippen molar-refractivity contribution < 1.29 is 14.3 Å². The van der Waals surface area contributed by atoms with Gasteiger partial charge in [0, 0.05) is 21.9 Å². The van der Waals surface area contributed by atoms with Crippen molar-refractivity contribution in [3.8, 4) is 5.75 Å². The molecule has 1 unspecified atom stereocenters. The fourth-order valence-electron chi connectivity index (χ4n) is 2.06. The van der Waals surface area contributed by atoms with Crippen molar-refractivity contribution in [1.82, 2.24) is 5.32 Å². The lowest BCUT2D eigenvalue weighted by Gasteiger charge is -2.16. The van der Waals surface area contributed by atoms with Gasteiger partial charge in [0.2, 0.25) is 0 Å². The van der Waals surface area contributed by atoms with Crippen LogP contribution in [0.3, 0.4) is 0 Å². The van der Waals surface area contributed by atoms with Crippen LogP contribution in [-0.4, -0.2) is 26.8 Å². The highest BCUT2D eigenvalue weighted by Gasteiger charge is 2.15. The van der Waals surface area contributed by atoms with Gasteiger partial charge >= 0.3 is 6.03 Å². The van der Waals surface area contributed by atoms with Gasteiger partial charge in [-0.15, -0.1) is 11.3 Å². The Morgan fingerprint density at radius 1 is 1.30 bits per heavy atom. The number of thiophene rings is 1. The number of carbonyl (C=O) groups is 1. The van der Waals surface area contributed by atoms with Gasteiger partial charge < -0.3 is 20.1 Å². The van der Waals surface area contributed by atoms with Gasteiger partial charge in [0.1, 0.15) is 11.9 Å². The first kappa shape index (κ1) is 17.6. The summed E-state index contributed by atoms with van der Waals surface area (Å²) in [6.07, 6.45) is -0.180. The Bertz CT molecular complexity index is 675. The lowest BCUT2D eigenvalue weighted by molar-refractivity contribution is 0.107. The summed E-state index contributed by atoms with van der Waals surface area (Å²) in [5.74, 6) is 0.543. The van der Waals surface area contributed by atoms with Gasteiger partial charge in [-0.1, -0.05) is 11.6 Å². The van der Waals surface area contributed by atoms with Crippen molar-refractivity contribution in [2.45, 2.75) is 13.0 Å². The van der Waals surface area contributed by atoms with E-state index in [-0.39, 0.29) is 12.1 Å². The van der Waals surface area contributed by atoms with Crippen LogP contribution in [0, 0.1) is 6.92 Å². The van der Waals surface area contributed by atoms with Gasteiger partial charge in [0.15, 0.2) is 0 Å². The van der Waals surface area contributed by atoms with Crippen molar-refractivity contribution in [1.29, 1.82) is 0 Å². The van der Waals surface area contributed by atoms with E-state index in [0.29, 0.717) is 23.0 Å². The Labute approximate surface area is 144 Å². The molecule has 5 nitrogen and oxygen atoms in total. The largest absolute Gasteiger partial charge is 0.495 e. The standard InChI is InChI=1S/C16H19ClN2O3S/c1-10-4-7-15(23-10)14(22-3)9-18-16(20)19-12-8-11(17)5-6-13(12)21-2/h4-8,14H,9H2,1-3H3,(H2,18,19,20). The van der Waals surface area contributed by atoms with Crippen molar-refractivity contribution >= 4 is 34.7 Å². The first-order chi connectivity index (χ1) is 11.0. The maximum Gasteiger partial charge on any atom is 0.319 e. The van der Waals surface area contributed by atoms with Gasteiger partial charge in [-0.2, -0.15) is 0 Å². The number of hydrogen-bond donors (Lipinski definition) is 2. The Morgan fingerprint density at radius 3 is 2.70 bits per heavy atom. The van der Waals surface area contributed by atoms with E-state index in [2.05, 4.69) is 10.6 Å². The Kier molecular flexibility index (Phi) is 6.27. The second kappa shape index (κ2) is 8.19. The van der Waals surface area contributed by atoms with Crippen molar-refractivity contribution in [3.05, 3.63) is 45.1 Å². The summed E-state index contributed by atoms with van der Waals surface area (Å²) in [6, 6.07) is 8.72. The molecule has 7 heteroatoms. The van der Waals surface area contributed by atoms with Crippen LogP contribution in [0.1, 0.15) is 15.9 Å². The summed E-state index contributed by atoms with van der Waals surface area (Å²) in [5.41, 5.74) is 0.512. The van der Waals surface area contributed by atoms with Crippen LogP contribution in [0.4, 0.5) is 10.5 Å². The highest BCUT2D eigenvalue weighted by atomic mass is 35.5. The molecular weight excluding hydrogens is 336 g/mol. The molecule has 0 aliphatic heterocycles. The topological polar surface area (TPSA) is 59.6 Å². The zero-order valence-corrected chi connectivity index (χ0v) is 14.8. The van der Waals surface area contributed by atoms with Crippen molar-refractivity contribution in [3.63, 3.8) is 0 Å². The number of rotatable bonds is 6. The molecule has 0 spiro atoms. The molecule has 23 heavy (non-hydrogen) atoms. The molecule has 0 aliphatic rings. The molecule has 2 aromatic rings. The van der Waals surface area contributed by atoms with E-state index < -0.39 is 0 Å². The monoisotopic (exact) mass is 354 g/mol. The number of nitrogens with one attached hydrogen (secondary N) is 2. The molecular formula is C16H19ClN2O3S. The number of urea groups is 1. The minimum atomic E-state index is -0.346. The molecule has 1 aromatic heterocycles. The summed E-state index contributed by atoms with van der Waals surface area (Å²) in [4.78, 5) is 14.4. The smallest absolute Gasteiger partial charge is 0.319 e. The maximum atomic E-state index is 12.1. The predicted octanol–water partition coefficient (Wildman–Crippen LogP) is 4.23. The molecule has 2 N–H and O–H groups in total. The lowest BCUT2D eigenvalue weighted by atomic mass is 10.3. The molecule has 1 aromatic carbocycles. The number of methoxy groups -OCH3 is 2. The first-order valence-corrected chi connectivity index (χ1v) is 8.20. The average Bonchev–Trinajstić information content (AvgIpc) is 2.94. The zero-order chi connectivity index (χ0) is 16.8. The number of aryl methyl sites for hydroxylation is 1. The quantitative estimate of drug-likeness (QED) is 0.816. The van der Waals surface area contributed by atoms with E-state index in [1.165, 1.54) is 12.0 Å². The van der Waals surface area contributed by atoms with Gasteiger partial charge in [-0.25, -0.2) is 4.79 Å². The molecule has 0 saturated heterocycles. The van der Waals surface area contributed by atoms with Gasteiger partial charge in [0.05, 0.1) is 19.3 Å². The third kappa shape index (κ3) is 4.86. The normalized spacial score (nSPS) is 11.8. The Hall–Kier alpha value is -1.76. The second-order valence-electron chi connectivity index (χ2n) is 4.85. The minimum Gasteiger partial charge on any atom is -0.495 e. The van der Waals surface area contributed by atoms with Gasteiger partial charge in [-0.3, -0.25) is 0 Å². The highest BCUT2D eigenvalue weighted by molar-refractivity contribution is 7.12. The molecule has 0 saturated carbocycles. The number of ether oxygens (including phenoxy) is 2. The number of amides is 2. The second-order valence-corrected chi connectivity index (χ2v) is 6.61. The number of hydrogen-bond acceptors (Lipinski definition) is 4. The molecule has 124 valence electrons. The number of anilines is 1. The molecule has 2 amide bonds. The summed E-state index contributed by atoms with van der Waals surface area (Å²) in [5, 5.41) is 6.04. The van der Waals surface area contributed by atoms with Crippen LogP contribution < -0.4 is 15.4 Å². The van der Waals surface area contributed by atoms with Crippen LogP contribution in [0.5, 0.6) is 5.75 Å². The van der Waals surface area contributed by atoms with E-state index in [4.69, 9.17) is 21.1 Å². The van der Waals surface area contributed by atoms with E-state index in [0.717, 1.165) is 4.88 Å².